The van der Waals surface area contributed by atoms with Crippen LogP contribution in [0, 0.1) is 0 Å². The molecule has 0 radical (unpaired) electrons. The van der Waals surface area contributed by atoms with Crippen LogP contribution in [0.2, 0.25) is 5.02 Å². The Hall–Kier alpha value is -3.66. The van der Waals surface area contributed by atoms with Crippen molar-refractivity contribution in [3.8, 4) is 5.69 Å². The Morgan fingerprint density at radius 1 is 1.24 bits per heavy atom. The molecule has 9 nitrogen and oxygen atoms in total. The summed E-state index contributed by atoms with van der Waals surface area (Å²) >= 11 is 5.97. The third kappa shape index (κ3) is 3.97. The fraction of sp³-hybridized carbons (Fsp3) is 0.273. The molecule has 1 aliphatic rings. The minimum atomic E-state index is -1.28. The van der Waals surface area contributed by atoms with E-state index in [9.17, 15) is 9.18 Å². The maximum absolute atomic E-state index is 14.2. The molecule has 33 heavy (non-hydrogen) atoms. The molecule has 0 saturated carbocycles. The van der Waals surface area contributed by atoms with Gasteiger partial charge in [0.1, 0.15) is 24.5 Å². The Kier molecular flexibility index (Phi) is 5.37. The number of hydrogen-bond donors (Lipinski definition) is 2. The molecule has 1 aromatic carbocycles. The molecule has 3 aromatic heterocycles. The number of anilines is 2. The predicted molar refractivity (Wildman–Crippen MR) is 123 cm³/mol. The van der Waals surface area contributed by atoms with Crippen molar-refractivity contribution in [1.29, 1.82) is 0 Å². The van der Waals surface area contributed by atoms with Crippen molar-refractivity contribution < 1.29 is 13.9 Å². The lowest BCUT2D eigenvalue weighted by molar-refractivity contribution is 0.174. The number of imidazole rings is 1. The Labute approximate surface area is 193 Å². The molecule has 1 saturated heterocycles. The molecular formula is C22H21ClFN7O2. The molecule has 3 atom stereocenters. The van der Waals surface area contributed by atoms with Gasteiger partial charge in [-0.25, -0.2) is 14.2 Å². The maximum Gasteiger partial charge on any atom is 0.416 e. The lowest BCUT2D eigenvalue weighted by Crippen LogP contribution is -2.40. The highest BCUT2D eigenvalue weighted by molar-refractivity contribution is 6.30. The van der Waals surface area contributed by atoms with Crippen molar-refractivity contribution >= 4 is 40.5 Å². The Balaban J connectivity index is 1.44. The number of nitrogens with one attached hydrogen (secondary N) is 2. The Morgan fingerprint density at radius 3 is 2.79 bits per heavy atom. The largest absolute Gasteiger partial charge is 0.447 e. The molecule has 0 aliphatic carbocycles. The first-order valence-electron chi connectivity index (χ1n) is 10.4. The summed E-state index contributed by atoms with van der Waals surface area (Å²) in [6.45, 7) is 3.29. The predicted octanol–water partition coefficient (Wildman–Crippen LogP) is 4.65. The molecule has 1 fully saturated rings. The number of alkyl halides is 1. The van der Waals surface area contributed by atoms with Gasteiger partial charge in [0.2, 0.25) is 5.95 Å². The first-order chi connectivity index (χ1) is 15.9. The highest BCUT2D eigenvalue weighted by Crippen LogP contribution is 2.32. The zero-order chi connectivity index (χ0) is 23.1. The molecule has 1 aliphatic heterocycles. The van der Waals surface area contributed by atoms with Crippen LogP contribution in [0.5, 0.6) is 0 Å². The van der Waals surface area contributed by atoms with Crippen molar-refractivity contribution in [3.63, 3.8) is 0 Å². The van der Waals surface area contributed by atoms with E-state index in [0.717, 1.165) is 11.4 Å². The molecular weight excluding hydrogens is 449 g/mol. The van der Waals surface area contributed by atoms with Crippen LogP contribution in [0.15, 0.2) is 49.1 Å². The fourth-order valence-electron chi connectivity index (χ4n) is 3.77. The van der Waals surface area contributed by atoms with Crippen molar-refractivity contribution in [2.75, 3.05) is 16.8 Å². The number of carbonyl (C=O) groups excluding carboxylic acids is 1. The van der Waals surface area contributed by atoms with E-state index in [1.54, 1.807) is 18.6 Å². The Morgan fingerprint density at radius 2 is 2.03 bits per heavy atom. The zero-order valence-corrected chi connectivity index (χ0v) is 18.6. The first-order valence-corrected chi connectivity index (χ1v) is 10.8. The highest BCUT2D eigenvalue weighted by atomic mass is 35.5. The summed E-state index contributed by atoms with van der Waals surface area (Å²) in [5.74, 6) is 0.568. The lowest BCUT2D eigenvalue weighted by atomic mass is 10.2. The van der Waals surface area contributed by atoms with E-state index in [1.165, 1.54) is 11.8 Å². The monoisotopic (exact) mass is 469 g/mol. The molecule has 1 amide bonds. The van der Waals surface area contributed by atoms with Crippen molar-refractivity contribution in [2.45, 2.75) is 32.1 Å². The second-order valence-electron chi connectivity index (χ2n) is 7.85. The van der Waals surface area contributed by atoms with Crippen LogP contribution in [0.4, 0.5) is 21.0 Å². The van der Waals surface area contributed by atoms with Crippen molar-refractivity contribution in [2.24, 2.45) is 0 Å². The quantitative estimate of drug-likeness (QED) is 0.426. The SMILES string of the molecule is C[C@H](Nc1nc(N2C(=O)OC[C@@H]2[C@H](C)F)c2cc[nH]c2n1)c1cn(-c2ccc(Cl)cc2)cn1. The molecule has 0 unspecified atom stereocenters. The van der Waals surface area contributed by atoms with E-state index in [2.05, 4.69) is 25.3 Å². The smallest absolute Gasteiger partial charge is 0.416 e. The number of ether oxygens (including phenoxy) is 1. The van der Waals surface area contributed by atoms with E-state index < -0.39 is 18.3 Å². The zero-order valence-electron chi connectivity index (χ0n) is 17.9. The van der Waals surface area contributed by atoms with Crippen LogP contribution in [0.3, 0.4) is 0 Å². The molecule has 5 rings (SSSR count). The van der Waals surface area contributed by atoms with Gasteiger partial charge in [-0.15, -0.1) is 0 Å². The number of benzene rings is 1. The standard InChI is InChI=1S/C22H21ClFN7O2/c1-12(24)18-10-33-22(32)31(18)20-16-7-8-25-19(16)28-21(29-20)27-13(2)17-9-30(11-26-17)15-5-3-14(23)4-6-15/h3-9,11-13,18H,10H2,1-2H3,(H2,25,27,28,29)/t12-,13-,18+/m0/s1. The third-order valence-corrected chi connectivity index (χ3v) is 5.83. The van der Waals surface area contributed by atoms with Crippen molar-refractivity contribution in [1.82, 2.24) is 24.5 Å². The molecule has 4 heterocycles. The molecule has 0 bridgehead atoms. The minimum absolute atomic E-state index is 0.0340. The second-order valence-corrected chi connectivity index (χ2v) is 8.29. The number of H-pyrrole nitrogens is 1. The number of rotatable bonds is 6. The third-order valence-electron chi connectivity index (χ3n) is 5.58. The highest BCUT2D eigenvalue weighted by Gasteiger charge is 2.40. The van der Waals surface area contributed by atoms with Gasteiger partial charge in [-0.05, 0) is 44.2 Å². The number of fused-ring (bicyclic) bond motifs is 1. The van der Waals surface area contributed by atoms with Crippen LogP contribution >= 0.6 is 11.6 Å². The average molecular weight is 470 g/mol. The Bertz CT molecular complexity index is 1300. The summed E-state index contributed by atoms with van der Waals surface area (Å²) in [6, 6.07) is 8.17. The number of hydrogen-bond acceptors (Lipinski definition) is 6. The van der Waals surface area contributed by atoms with Gasteiger partial charge < -0.3 is 19.6 Å². The number of carbonyl (C=O) groups is 1. The summed E-state index contributed by atoms with van der Waals surface area (Å²) in [6.07, 6.45) is 3.39. The van der Waals surface area contributed by atoms with Crippen molar-refractivity contribution in [3.05, 3.63) is 59.8 Å². The maximum atomic E-state index is 14.2. The van der Waals surface area contributed by atoms with E-state index in [-0.39, 0.29) is 18.6 Å². The number of cyclic esters (lactones) is 1. The normalized spacial score (nSPS) is 17.9. The van der Waals surface area contributed by atoms with Gasteiger partial charge in [0.05, 0.1) is 23.4 Å². The molecule has 11 heteroatoms. The van der Waals surface area contributed by atoms with Crippen LogP contribution in [0.1, 0.15) is 25.6 Å². The molecule has 4 aromatic rings. The molecule has 2 N–H and O–H groups in total. The number of aromatic nitrogens is 5. The van der Waals surface area contributed by atoms with Gasteiger partial charge >= 0.3 is 6.09 Å². The van der Waals surface area contributed by atoms with E-state index in [4.69, 9.17) is 16.3 Å². The van der Waals surface area contributed by atoms with Gasteiger partial charge in [-0.2, -0.15) is 9.97 Å². The van der Waals surface area contributed by atoms with E-state index in [1.807, 2.05) is 42.0 Å². The van der Waals surface area contributed by atoms with Gasteiger partial charge in [0.25, 0.3) is 0 Å². The fourth-order valence-corrected chi connectivity index (χ4v) is 3.90. The average Bonchev–Trinajstić information content (AvgIpc) is 3.53. The number of halogens is 2. The van der Waals surface area contributed by atoms with Gasteiger partial charge in [0.15, 0.2) is 5.82 Å². The van der Waals surface area contributed by atoms with Crippen LogP contribution < -0.4 is 10.2 Å². The minimum Gasteiger partial charge on any atom is -0.447 e. The molecule has 0 spiro atoms. The number of nitrogens with zero attached hydrogens (tertiary/aromatic N) is 5. The van der Waals surface area contributed by atoms with E-state index in [0.29, 0.717) is 21.9 Å². The van der Waals surface area contributed by atoms with Crippen LogP contribution in [-0.4, -0.2) is 49.4 Å². The van der Waals surface area contributed by atoms with Gasteiger partial charge in [0, 0.05) is 23.1 Å². The number of aromatic amines is 1. The molecule has 170 valence electrons. The first kappa shape index (κ1) is 21.2. The van der Waals surface area contributed by atoms with Gasteiger partial charge in [-0.3, -0.25) is 4.90 Å². The summed E-state index contributed by atoms with van der Waals surface area (Å²) in [5, 5.41) is 4.49. The summed E-state index contributed by atoms with van der Waals surface area (Å²) in [7, 11) is 0. The second kappa shape index (κ2) is 8.36. The summed E-state index contributed by atoms with van der Waals surface area (Å²) in [5.41, 5.74) is 2.21. The summed E-state index contributed by atoms with van der Waals surface area (Å²) < 4.78 is 21.2. The lowest BCUT2D eigenvalue weighted by Gasteiger charge is -2.22. The van der Waals surface area contributed by atoms with E-state index >= 15 is 0 Å². The summed E-state index contributed by atoms with van der Waals surface area (Å²) in [4.78, 5) is 30.2. The number of amides is 1. The van der Waals surface area contributed by atoms with Crippen LogP contribution in [0.25, 0.3) is 16.7 Å². The van der Waals surface area contributed by atoms with Crippen LogP contribution in [-0.2, 0) is 4.74 Å². The van der Waals surface area contributed by atoms with Gasteiger partial charge in [-0.1, -0.05) is 11.6 Å². The topological polar surface area (TPSA) is 101 Å².